The molecule has 22 heavy (non-hydrogen) atoms. The molecule has 0 spiro atoms. The predicted octanol–water partition coefficient (Wildman–Crippen LogP) is 2.10. The number of hydrogen-bond acceptors (Lipinski definition) is 5. The van der Waals surface area contributed by atoms with Gasteiger partial charge < -0.3 is 10.2 Å². The van der Waals surface area contributed by atoms with E-state index in [0.29, 0.717) is 28.5 Å². The third-order valence-corrected chi connectivity index (χ3v) is 4.92. The summed E-state index contributed by atoms with van der Waals surface area (Å²) < 4.78 is 0. The van der Waals surface area contributed by atoms with Gasteiger partial charge in [-0.1, -0.05) is 18.3 Å². The summed E-state index contributed by atoms with van der Waals surface area (Å²) in [5, 5.41) is 3.12. The Morgan fingerprint density at radius 1 is 1.41 bits per heavy atom. The molecule has 0 fully saturated rings. The third-order valence-electron chi connectivity index (χ3n) is 3.86. The van der Waals surface area contributed by atoms with Gasteiger partial charge in [0.05, 0.1) is 16.5 Å². The van der Waals surface area contributed by atoms with Crippen molar-refractivity contribution in [3.05, 3.63) is 10.6 Å². The second-order valence-corrected chi connectivity index (χ2v) is 6.77. The van der Waals surface area contributed by atoms with Crippen LogP contribution < -0.4 is 5.32 Å². The Morgan fingerprint density at radius 3 is 2.68 bits per heavy atom. The lowest BCUT2D eigenvalue weighted by atomic mass is 9.89. The number of aromatic nitrogens is 1. The first kappa shape index (κ1) is 16.6. The Labute approximate surface area is 133 Å². The molecule has 0 saturated carbocycles. The second kappa shape index (κ2) is 6.56. The van der Waals surface area contributed by atoms with Crippen LogP contribution in [0.4, 0.5) is 5.13 Å². The fourth-order valence-corrected chi connectivity index (χ4v) is 3.27. The van der Waals surface area contributed by atoms with Crippen molar-refractivity contribution in [2.45, 2.75) is 46.1 Å². The molecule has 1 heterocycles. The predicted molar refractivity (Wildman–Crippen MR) is 85.1 cm³/mol. The van der Waals surface area contributed by atoms with Crippen LogP contribution in [0.2, 0.25) is 0 Å². The summed E-state index contributed by atoms with van der Waals surface area (Å²) in [5.41, 5.74) is 0.628. The van der Waals surface area contributed by atoms with Crippen molar-refractivity contribution >= 4 is 34.1 Å². The van der Waals surface area contributed by atoms with Gasteiger partial charge in [0.1, 0.15) is 0 Å². The zero-order valence-electron chi connectivity index (χ0n) is 13.3. The van der Waals surface area contributed by atoms with Gasteiger partial charge in [-0.3, -0.25) is 14.4 Å². The van der Waals surface area contributed by atoms with Gasteiger partial charge in [0.2, 0.25) is 11.8 Å². The number of nitrogens with one attached hydrogen (secondary N) is 1. The molecular weight excluding hydrogens is 302 g/mol. The molecule has 0 saturated heterocycles. The van der Waals surface area contributed by atoms with Crippen LogP contribution in [0.5, 0.6) is 0 Å². The van der Waals surface area contributed by atoms with E-state index in [1.807, 2.05) is 13.8 Å². The Balaban J connectivity index is 2.17. The molecule has 1 aliphatic carbocycles. The fourth-order valence-electron chi connectivity index (χ4n) is 2.31. The minimum atomic E-state index is -0.357. The van der Waals surface area contributed by atoms with Crippen LogP contribution in [-0.4, -0.2) is 40.6 Å². The number of nitrogens with zero attached hydrogens (tertiary/aromatic N) is 2. The highest BCUT2D eigenvalue weighted by Crippen LogP contribution is 2.33. The largest absolute Gasteiger partial charge is 0.343 e. The molecule has 2 amide bonds. The van der Waals surface area contributed by atoms with Gasteiger partial charge in [-0.2, -0.15) is 0 Å². The topological polar surface area (TPSA) is 79.4 Å². The van der Waals surface area contributed by atoms with Crippen molar-refractivity contribution in [2.24, 2.45) is 5.92 Å². The molecule has 6 nitrogen and oxygen atoms in total. The number of amides is 2. The molecule has 2 rings (SSSR count). The van der Waals surface area contributed by atoms with E-state index in [1.165, 1.54) is 11.3 Å². The summed E-state index contributed by atoms with van der Waals surface area (Å²) in [7, 11) is 1.75. The van der Waals surface area contributed by atoms with E-state index < -0.39 is 0 Å². The van der Waals surface area contributed by atoms with E-state index in [1.54, 1.807) is 18.9 Å². The molecular formula is C15H21N3O3S. The Hall–Kier alpha value is -1.76. The van der Waals surface area contributed by atoms with Crippen molar-refractivity contribution in [3.8, 4) is 0 Å². The van der Waals surface area contributed by atoms with Crippen LogP contribution in [0.1, 0.15) is 49.0 Å². The van der Waals surface area contributed by atoms with E-state index >= 15 is 0 Å². The average Bonchev–Trinajstić information content (AvgIpc) is 2.88. The van der Waals surface area contributed by atoms with Crippen LogP contribution in [0.15, 0.2) is 0 Å². The normalized spacial score (nSPS) is 17.3. The van der Waals surface area contributed by atoms with Crippen LogP contribution >= 0.6 is 11.3 Å². The zero-order valence-corrected chi connectivity index (χ0v) is 14.1. The number of Topliss-reactive ketones (excluding diaryl/α,β-unsaturated/α-hetero) is 1. The molecule has 0 aromatic carbocycles. The lowest BCUT2D eigenvalue weighted by molar-refractivity contribution is -0.135. The highest BCUT2D eigenvalue weighted by molar-refractivity contribution is 7.17. The van der Waals surface area contributed by atoms with Gasteiger partial charge in [-0.15, -0.1) is 0 Å². The summed E-state index contributed by atoms with van der Waals surface area (Å²) in [6, 6.07) is 0.0961. The van der Waals surface area contributed by atoms with Crippen molar-refractivity contribution in [3.63, 3.8) is 0 Å². The molecule has 1 aliphatic rings. The van der Waals surface area contributed by atoms with E-state index in [2.05, 4.69) is 10.3 Å². The molecule has 1 atom stereocenters. The average molecular weight is 323 g/mol. The molecule has 1 aromatic heterocycles. The molecule has 1 aromatic rings. The Morgan fingerprint density at radius 2 is 2.09 bits per heavy atom. The standard InChI is InChI=1S/C15H21N3O3S/c1-5-12(20)17-15-16-10-6-9(7-11(19)13(10)22-15)14(21)18(4)8(2)3/h8-9H,5-7H2,1-4H3,(H,16,17,20). The maximum atomic E-state index is 12.4. The molecule has 1 N–H and O–H groups in total. The Kier molecular flexibility index (Phi) is 4.95. The number of thiazole rings is 1. The quantitative estimate of drug-likeness (QED) is 0.920. The first-order valence-corrected chi connectivity index (χ1v) is 8.24. The van der Waals surface area contributed by atoms with Crippen LogP contribution in [0.25, 0.3) is 0 Å². The van der Waals surface area contributed by atoms with Gasteiger partial charge in [0.15, 0.2) is 10.9 Å². The number of anilines is 1. The lowest BCUT2D eigenvalue weighted by Crippen LogP contribution is -2.40. The monoisotopic (exact) mass is 323 g/mol. The first-order valence-electron chi connectivity index (χ1n) is 7.42. The van der Waals surface area contributed by atoms with Crippen molar-refractivity contribution in [2.75, 3.05) is 12.4 Å². The van der Waals surface area contributed by atoms with E-state index in [-0.39, 0.29) is 36.0 Å². The number of rotatable bonds is 4. The van der Waals surface area contributed by atoms with E-state index in [0.717, 1.165) is 0 Å². The highest BCUT2D eigenvalue weighted by Gasteiger charge is 2.34. The van der Waals surface area contributed by atoms with Crippen LogP contribution in [0.3, 0.4) is 0 Å². The van der Waals surface area contributed by atoms with Gasteiger partial charge in [0, 0.05) is 32.4 Å². The summed E-state index contributed by atoms with van der Waals surface area (Å²) in [5.74, 6) is -0.581. The maximum absolute atomic E-state index is 12.4. The first-order chi connectivity index (χ1) is 10.3. The van der Waals surface area contributed by atoms with Crippen molar-refractivity contribution < 1.29 is 14.4 Å². The second-order valence-electron chi connectivity index (χ2n) is 5.77. The third kappa shape index (κ3) is 3.35. The van der Waals surface area contributed by atoms with Crippen molar-refractivity contribution in [1.82, 2.24) is 9.88 Å². The SMILES string of the molecule is CCC(=O)Nc1nc2c(s1)C(=O)CC(C(=O)N(C)C(C)C)C2. The lowest BCUT2D eigenvalue weighted by Gasteiger charge is -2.28. The van der Waals surface area contributed by atoms with Gasteiger partial charge in [0.25, 0.3) is 0 Å². The number of fused-ring (bicyclic) bond motifs is 1. The minimum absolute atomic E-state index is 0.0267. The summed E-state index contributed by atoms with van der Waals surface area (Å²) >= 11 is 1.20. The van der Waals surface area contributed by atoms with Gasteiger partial charge in [-0.25, -0.2) is 4.98 Å². The number of hydrogen-bond donors (Lipinski definition) is 1. The number of ketones is 1. The summed E-state index contributed by atoms with van der Waals surface area (Å²) in [4.78, 5) is 42.6. The molecule has 7 heteroatoms. The maximum Gasteiger partial charge on any atom is 0.226 e. The smallest absolute Gasteiger partial charge is 0.226 e. The molecule has 0 aliphatic heterocycles. The molecule has 1 unspecified atom stereocenters. The zero-order chi connectivity index (χ0) is 16.4. The van der Waals surface area contributed by atoms with Crippen LogP contribution in [0, 0.1) is 5.92 Å². The van der Waals surface area contributed by atoms with Gasteiger partial charge in [-0.05, 0) is 13.8 Å². The molecule has 0 bridgehead atoms. The van der Waals surface area contributed by atoms with Crippen molar-refractivity contribution in [1.29, 1.82) is 0 Å². The molecule has 120 valence electrons. The number of carbonyl (C=O) groups is 3. The van der Waals surface area contributed by atoms with E-state index in [4.69, 9.17) is 0 Å². The molecule has 0 radical (unpaired) electrons. The minimum Gasteiger partial charge on any atom is -0.343 e. The van der Waals surface area contributed by atoms with Crippen LogP contribution in [-0.2, 0) is 16.0 Å². The number of carbonyl (C=O) groups excluding carboxylic acids is 3. The summed E-state index contributed by atoms with van der Waals surface area (Å²) in [6.07, 6.45) is 1.03. The highest BCUT2D eigenvalue weighted by atomic mass is 32.1. The summed E-state index contributed by atoms with van der Waals surface area (Å²) in [6.45, 7) is 5.63. The van der Waals surface area contributed by atoms with Gasteiger partial charge >= 0.3 is 0 Å². The van der Waals surface area contributed by atoms with E-state index in [9.17, 15) is 14.4 Å². The Bertz CT molecular complexity index is 609. The fraction of sp³-hybridized carbons (Fsp3) is 0.600.